The minimum Gasteiger partial charge on any atom is -0.497 e. The first-order chi connectivity index (χ1) is 22.9. The van der Waals surface area contributed by atoms with Gasteiger partial charge < -0.3 is 29.1 Å². The molecule has 0 saturated heterocycles. The number of sulfonamides is 1. The molecule has 1 saturated carbocycles. The normalized spacial score (nSPS) is 22.5. The number of ether oxygens (including phenoxy) is 3. The topological polar surface area (TPSA) is 135 Å². The van der Waals surface area contributed by atoms with Crippen LogP contribution >= 0.6 is 0 Å². The van der Waals surface area contributed by atoms with E-state index in [0.29, 0.717) is 24.7 Å². The first-order valence-corrected chi connectivity index (χ1v) is 18.7. The van der Waals surface area contributed by atoms with E-state index in [2.05, 4.69) is 4.72 Å². The van der Waals surface area contributed by atoms with Gasteiger partial charge in [-0.1, -0.05) is 26.2 Å². The van der Waals surface area contributed by atoms with Crippen molar-refractivity contribution >= 4 is 27.5 Å². The van der Waals surface area contributed by atoms with Gasteiger partial charge >= 0.3 is 0 Å². The molecule has 2 aromatic carbocycles. The molecular weight excluding hydrogens is 634 g/mol. The second-order valence-electron chi connectivity index (χ2n) is 13.3. The Bertz CT molecular complexity index is 1460. The fourth-order valence-corrected chi connectivity index (χ4v) is 7.49. The molecular formula is C36H53N3O8S. The molecule has 2 amide bonds. The van der Waals surface area contributed by atoms with Crippen LogP contribution in [0.2, 0.25) is 0 Å². The van der Waals surface area contributed by atoms with Crippen LogP contribution in [0.15, 0.2) is 47.4 Å². The molecule has 1 heterocycles. The van der Waals surface area contributed by atoms with Gasteiger partial charge in [0.1, 0.15) is 11.5 Å². The monoisotopic (exact) mass is 687 g/mol. The number of nitrogens with one attached hydrogen (secondary N) is 1. The molecule has 1 aliphatic heterocycles. The molecule has 2 aliphatic rings. The van der Waals surface area contributed by atoms with E-state index in [-0.39, 0.29) is 59.2 Å². The van der Waals surface area contributed by atoms with Gasteiger partial charge in [-0.05, 0) is 88.4 Å². The summed E-state index contributed by atoms with van der Waals surface area (Å²) >= 11 is 0. The molecule has 4 atom stereocenters. The van der Waals surface area contributed by atoms with Crippen molar-refractivity contribution in [2.24, 2.45) is 11.8 Å². The summed E-state index contributed by atoms with van der Waals surface area (Å²) in [5.74, 6) is 0.460. The van der Waals surface area contributed by atoms with Gasteiger partial charge in [0.05, 0.1) is 42.4 Å². The van der Waals surface area contributed by atoms with E-state index >= 15 is 0 Å². The standard InChI is InChI=1S/C36H53N3O8S/c1-25-22-39(26(2)24-40)36(42)32-21-29(37-48(43,44)31-17-15-30(45-5)16-18-31)14-19-33(32)47-27(3)11-9-10-20-46-34(25)23-38(4)35(41)28-12-7-6-8-13-28/h14-19,21,25-28,34,37,40H,6-13,20,22-24H2,1-5H3/t25-,26-,27+,34-/m1/s1. The van der Waals surface area contributed by atoms with E-state index in [1.165, 1.54) is 31.7 Å². The Kier molecular flexibility index (Phi) is 13.5. The van der Waals surface area contributed by atoms with Crippen molar-refractivity contribution in [2.45, 2.75) is 95.3 Å². The average Bonchev–Trinajstić information content (AvgIpc) is 3.09. The van der Waals surface area contributed by atoms with Crippen LogP contribution in [0.25, 0.3) is 0 Å². The summed E-state index contributed by atoms with van der Waals surface area (Å²) in [4.78, 5) is 31.2. The Hall–Kier alpha value is -3.35. The number of methoxy groups -OCH3 is 1. The molecule has 266 valence electrons. The third-order valence-electron chi connectivity index (χ3n) is 9.46. The van der Waals surface area contributed by atoms with Crippen molar-refractivity contribution in [3.05, 3.63) is 48.0 Å². The zero-order valence-corrected chi connectivity index (χ0v) is 29.8. The van der Waals surface area contributed by atoms with Crippen LogP contribution in [0.4, 0.5) is 5.69 Å². The van der Waals surface area contributed by atoms with Gasteiger partial charge in [-0.3, -0.25) is 14.3 Å². The Morgan fingerprint density at radius 3 is 2.42 bits per heavy atom. The minimum absolute atomic E-state index is 0.0411. The Morgan fingerprint density at radius 1 is 1.06 bits per heavy atom. The van der Waals surface area contributed by atoms with Gasteiger partial charge in [0.25, 0.3) is 15.9 Å². The summed E-state index contributed by atoms with van der Waals surface area (Å²) in [5, 5.41) is 10.2. The molecule has 2 aromatic rings. The third-order valence-corrected chi connectivity index (χ3v) is 10.9. The zero-order chi connectivity index (χ0) is 34.8. The molecule has 0 radical (unpaired) electrons. The number of rotatable bonds is 9. The fraction of sp³-hybridized carbons (Fsp3) is 0.611. The van der Waals surface area contributed by atoms with Crippen LogP contribution in [0.5, 0.6) is 11.5 Å². The van der Waals surface area contributed by atoms with Gasteiger partial charge in [0, 0.05) is 44.3 Å². The number of anilines is 1. The van der Waals surface area contributed by atoms with Gasteiger partial charge in [-0.2, -0.15) is 0 Å². The molecule has 48 heavy (non-hydrogen) atoms. The van der Waals surface area contributed by atoms with Crippen molar-refractivity contribution in [3.8, 4) is 11.5 Å². The Balaban J connectivity index is 1.63. The van der Waals surface area contributed by atoms with Gasteiger partial charge in [-0.25, -0.2) is 8.42 Å². The van der Waals surface area contributed by atoms with E-state index in [0.717, 1.165) is 44.9 Å². The number of carbonyl (C=O) groups excluding carboxylic acids is 2. The summed E-state index contributed by atoms with van der Waals surface area (Å²) in [7, 11) is -0.642. The molecule has 1 aliphatic carbocycles. The number of hydrogen-bond acceptors (Lipinski definition) is 8. The predicted octanol–water partition coefficient (Wildman–Crippen LogP) is 5.33. The SMILES string of the molecule is COc1ccc(S(=O)(=O)Nc2ccc3c(c2)C(=O)N([C@H](C)CO)C[C@@H](C)[C@@H](CN(C)C(=O)C2CCCCC2)OCCCC[C@H](C)O3)cc1. The molecule has 11 nitrogen and oxygen atoms in total. The Morgan fingerprint density at radius 2 is 1.75 bits per heavy atom. The summed E-state index contributed by atoms with van der Waals surface area (Å²) in [6.45, 7) is 6.59. The largest absolute Gasteiger partial charge is 0.497 e. The molecule has 1 fully saturated rings. The Labute approximate surface area is 286 Å². The van der Waals surface area contributed by atoms with E-state index < -0.39 is 22.0 Å². The highest BCUT2D eigenvalue weighted by molar-refractivity contribution is 7.92. The predicted molar refractivity (Wildman–Crippen MR) is 185 cm³/mol. The summed E-state index contributed by atoms with van der Waals surface area (Å²) < 4.78 is 46.9. The highest BCUT2D eigenvalue weighted by atomic mass is 32.2. The maximum atomic E-state index is 14.4. The van der Waals surface area contributed by atoms with E-state index in [1.807, 2.05) is 20.9 Å². The zero-order valence-electron chi connectivity index (χ0n) is 29.0. The molecule has 2 N–H and O–H groups in total. The van der Waals surface area contributed by atoms with Crippen LogP contribution in [0.1, 0.15) is 82.5 Å². The van der Waals surface area contributed by atoms with Crippen LogP contribution in [0, 0.1) is 11.8 Å². The number of amides is 2. The molecule has 0 bridgehead atoms. The van der Waals surface area contributed by atoms with E-state index in [9.17, 15) is 23.1 Å². The number of nitrogens with zero attached hydrogens (tertiary/aromatic N) is 2. The fourth-order valence-electron chi connectivity index (χ4n) is 6.44. The third kappa shape index (κ3) is 9.85. The highest BCUT2D eigenvalue weighted by Gasteiger charge is 2.32. The number of hydrogen-bond donors (Lipinski definition) is 2. The first-order valence-electron chi connectivity index (χ1n) is 17.2. The highest BCUT2D eigenvalue weighted by Crippen LogP contribution is 2.30. The van der Waals surface area contributed by atoms with Crippen molar-refractivity contribution in [3.63, 3.8) is 0 Å². The molecule has 4 rings (SSSR count). The summed E-state index contributed by atoms with van der Waals surface area (Å²) in [5.41, 5.74) is 0.382. The van der Waals surface area contributed by atoms with Crippen molar-refractivity contribution < 1.29 is 37.3 Å². The number of likely N-dealkylation sites (N-methyl/N-ethyl adjacent to an activating group) is 1. The second kappa shape index (κ2) is 17.3. The van der Waals surface area contributed by atoms with Crippen molar-refractivity contribution in [2.75, 3.05) is 45.2 Å². The van der Waals surface area contributed by atoms with Crippen molar-refractivity contribution in [1.29, 1.82) is 0 Å². The number of fused-ring (bicyclic) bond motifs is 1. The van der Waals surface area contributed by atoms with Crippen molar-refractivity contribution in [1.82, 2.24) is 9.80 Å². The average molecular weight is 688 g/mol. The lowest BCUT2D eigenvalue weighted by Crippen LogP contribution is -2.48. The summed E-state index contributed by atoms with van der Waals surface area (Å²) in [6.07, 6.45) is 6.97. The molecule has 0 aromatic heterocycles. The lowest BCUT2D eigenvalue weighted by atomic mass is 9.88. The summed E-state index contributed by atoms with van der Waals surface area (Å²) in [6, 6.07) is 10.1. The maximum Gasteiger partial charge on any atom is 0.261 e. The number of aliphatic hydroxyl groups is 1. The van der Waals surface area contributed by atoms with Gasteiger partial charge in [0.15, 0.2) is 0 Å². The lowest BCUT2D eigenvalue weighted by Gasteiger charge is -2.36. The van der Waals surface area contributed by atoms with Gasteiger partial charge in [0.2, 0.25) is 5.91 Å². The second-order valence-corrected chi connectivity index (χ2v) is 15.0. The number of aliphatic hydroxyl groups excluding tert-OH is 1. The van der Waals surface area contributed by atoms with Crippen LogP contribution in [-0.4, -0.2) is 93.8 Å². The van der Waals surface area contributed by atoms with E-state index in [4.69, 9.17) is 14.2 Å². The first kappa shape index (κ1) is 37.5. The molecule has 0 spiro atoms. The van der Waals surface area contributed by atoms with E-state index in [1.54, 1.807) is 41.0 Å². The smallest absolute Gasteiger partial charge is 0.261 e. The van der Waals surface area contributed by atoms with Gasteiger partial charge in [-0.15, -0.1) is 0 Å². The quantitative estimate of drug-likeness (QED) is 0.362. The van der Waals surface area contributed by atoms with Crippen LogP contribution in [-0.2, 0) is 19.6 Å². The van der Waals surface area contributed by atoms with Crippen LogP contribution in [0.3, 0.4) is 0 Å². The molecule has 0 unspecified atom stereocenters. The molecule has 12 heteroatoms. The lowest BCUT2D eigenvalue weighted by molar-refractivity contribution is -0.137. The number of carbonyl (C=O) groups is 2. The number of benzene rings is 2. The maximum absolute atomic E-state index is 14.4. The minimum atomic E-state index is -3.98. The van der Waals surface area contributed by atoms with Crippen LogP contribution < -0.4 is 14.2 Å².